The minimum Gasteiger partial charge on any atom is -0.460 e. The molecule has 10 heteroatoms. The molecule has 1 aliphatic heterocycles. The molecule has 1 fully saturated rings. The summed E-state index contributed by atoms with van der Waals surface area (Å²) in [4.78, 5) is 12.3. The smallest absolute Gasteiger partial charge is 0.374 e. The number of benzene rings is 1. The Bertz CT molecular complexity index is 1270. The van der Waals surface area contributed by atoms with Crippen LogP contribution in [0.15, 0.2) is 27.5 Å². The maximum Gasteiger partial charge on any atom is 0.374 e. The number of ether oxygens (including phenoxy) is 1. The predicted molar refractivity (Wildman–Crippen MR) is 111 cm³/mol. The van der Waals surface area contributed by atoms with E-state index in [1.807, 2.05) is 0 Å². The number of hydrogen-bond acceptors (Lipinski definition) is 7. The summed E-state index contributed by atoms with van der Waals surface area (Å²) in [7, 11) is -3.71. The van der Waals surface area contributed by atoms with Crippen LogP contribution in [-0.4, -0.2) is 53.2 Å². The summed E-state index contributed by atoms with van der Waals surface area (Å²) in [6.45, 7) is 4.95. The maximum absolute atomic E-state index is 13.4. The highest BCUT2D eigenvalue weighted by Gasteiger charge is 2.33. The summed E-state index contributed by atoms with van der Waals surface area (Å²) >= 11 is 0. The largest absolute Gasteiger partial charge is 0.460 e. The lowest BCUT2D eigenvalue weighted by atomic mass is 10.1. The highest BCUT2D eigenvalue weighted by Crippen LogP contribution is 2.39. The molecular weight excluding hydrogens is 420 g/mol. The van der Waals surface area contributed by atoms with E-state index in [0.717, 1.165) is 24.5 Å². The van der Waals surface area contributed by atoms with Crippen LogP contribution in [0, 0.1) is 6.92 Å². The van der Waals surface area contributed by atoms with Crippen LogP contribution in [0.1, 0.15) is 53.5 Å². The molecule has 0 spiro atoms. The second-order valence-corrected chi connectivity index (χ2v) is 9.93. The lowest BCUT2D eigenvalue weighted by Crippen LogP contribution is -2.33. The van der Waals surface area contributed by atoms with Crippen LogP contribution < -0.4 is 0 Å². The average Bonchev–Trinajstić information content (AvgIpc) is 3.49. The fraction of sp³-hybridized carbons (Fsp3) is 0.476. The van der Waals surface area contributed by atoms with Gasteiger partial charge >= 0.3 is 5.97 Å². The van der Waals surface area contributed by atoms with Gasteiger partial charge in [-0.25, -0.2) is 13.2 Å². The molecule has 0 saturated heterocycles. The van der Waals surface area contributed by atoms with E-state index < -0.39 is 16.0 Å². The average molecular weight is 445 g/mol. The van der Waals surface area contributed by atoms with Crippen LogP contribution in [0.5, 0.6) is 0 Å². The predicted octanol–water partition coefficient (Wildman–Crippen LogP) is 2.63. The Kier molecular flexibility index (Phi) is 4.86. The van der Waals surface area contributed by atoms with Gasteiger partial charge in [-0.15, -0.1) is 10.2 Å². The molecule has 0 radical (unpaired) electrons. The standard InChI is InChI=1S/C21H24N4O5S/c1-3-29-21(26)19-13(2)16-12-15(6-7-17(16)30-19)31(27,28)24-9-8-18-22-23-20(14-4-5-14)25(18)11-10-24/h6-7,12,14H,3-5,8-11H2,1-2H3. The molecule has 3 aromatic rings. The van der Waals surface area contributed by atoms with Gasteiger partial charge in [-0.05, 0) is 44.9 Å². The number of carbonyl (C=O) groups excluding carboxylic acids is 1. The van der Waals surface area contributed by atoms with E-state index in [-0.39, 0.29) is 17.3 Å². The van der Waals surface area contributed by atoms with Gasteiger partial charge in [0.05, 0.1) is 11.5 Å². The van der Waals surface area contributed by atoms with Crippen LogP contribution in [0.25, 0.3) is 11.0 Å². The zero-order chi connectivity index (χ0) is 21.8. The lowest BCUT2D eigenvalue weighted by Gasteiger charge is -2.20. The van der Waals surface area contributed by atoms with Crippen molar-refractivity contribution in [2.75, 3.05) is 19.7 Å². The van der Waals surface area contributed by atoms with Gasteiger partial charge in [-0.2, -0.15) is 4.31 Å². The van der Waals surface area contributed by atoms with Crippen molar-refractivity contribution in [2.24, 2.45) is 0 Å². The number of carbonyl (C=O) groups is 1. The summed E-state index contributed by atoms with van der Waals surface area (Å²) in [5.74, 6) is 1.84. The van der Waals surface area contributed by atoms with Crippen molar-refractivity contribution in [3.05, 3.63) is 41.2 Å². The minimum atomic E-state index is -3.71. The highest BCUT2D eigenvalue weighted by molar-refractivity contribution is 7.89. The van der Waals surface area contributed by atoms with Crippen LogP contribution in [0.4, 0.5) is 0 Å². The summed E-state index contributed by atoms with van der Waals surface area (Å²) < 4.78 is 41.0. The van der Waals surface area contributed by atoms with Crippen molar-refractivity contribution < 1.29 is 22.4 Å². The molecule has 1 saturated carbocycles. The molecule has 31 heavy (non-hydrogen) atoms. The van der Waals surface area contributed by atoms with Crippen molar-refractivity contribution in [2.45, 2.75) is 50.5 Å². The van der Waals surface area contributed by atoms with Crippen LogP contribution in [0.3, 0.4) is 0 Å². The molecule has 164 valence electrons. The number of furan rings is 1. The molecule has 3 heterocycles. The monoisotopic (exact) mass is 444 g/mol. The van der Waals surface area contributed by atoms with Gasteiger partial charge in [-0.1, -0.05) is 0 Å². The first-order valence-corrected chi connectivity index (χ1v) is 12.0. The second kappa shape index (κ2) is 7.45. The zero-order valence-corrected chi connectivity index (χ0v) is 18.3. The second-order valence-electron chi connectivity index (χ2n) is 7.99. The fourth-order valence-electron chi connectivity index (χ4n) is 4.11. The third kappa shape index (κ3) is 3.43. The van der Waals surface area contributed by atoms with Crippen molar-refractivity contribution in [1.82, 2.24) is 19.1 Å². The molecular formula is C21H24N4O5S. The van der Waals surface area contributed by atoms with Crippen molar-refractivity contribution in [1.29, 1.82) is 0 Å². The van der Waals surface area contributed by atoms with E-state index in [2.05, 4.69) is 14.8 Å². The zero-order valence-electron chi connectivity index (χ0n) is 17.5. The molecule has 0 unspecified atom stereocenters. The molecule has 0 atom stereocenters. The van der Waals surface area contributed by atoms with E-state index in [0.29, 0.717) is 48.5 Å². The van der Waals surface area contributed by atoms with E-state index in [9.17, 15) is 13.2 Å². The number of nitrogens with zero attached hydrogens (tertiary/aromatic N) is 4. The Hall–Kier alpha value is -2.72. The summed E-state index contributed by atoms with van der Waals surface area (Å²) in [6, 6.07) is 4.69. The van der Waals surface area contributed by atoms with E-state index in [4.69, 9.17) is 9.15 Å². The molecule has 0 N–H and O–H groups in total. The molecule has 2 aromatic heterocycles. The van der Waals surface area contributed by atoms with Crippen LogP contribution in [0.2, 0.25) is 0 Å². The Morgan fingerprint density at radius 1 is 1.23 bits per heavy atom. The number of hydrogen-bond donors (Lipinski definition) is 0. The minimum absolute atomic E-state index is 0.103. The van der Waals surface area contributed by atoms with Crippen molar-refractivity contribution in [3.8, 4) is 0 Å². The maximum atomic E-state index is 13.4. The van der Waals surface area contributed by atoms with Gasteiger partial charge in [0.2, 0.25) is 15.8 Å². The first-order chi connectivity index (χ1) is 14.9. The molecule has 1 aliphatic carbocycles. The molecule has 0 bridgehead atoms. The Morgan fingerprint density at radius 3 is 2.77 bits per heavy atom. The Balaban J connectivity index is 1.43. The van der Waals surface area contributed by atoms with Crippen molar-refractivity contribution in [3.63, 3.8) is 0 Å². The summed E-state index contributed by atoms with van der Waals surface area (Å²) in [6.07, 6.45) is 2.77. The number of rotatable bonds is 5. The number of aryl methyl sites for hydroxylation is 1. The third-order valence-corrected chi connectivity index (χ3v) is 7.86. The topological polar surface area (TPSA) is 108 Å². The van der Waals surface area contributed by atoms with E-state index in [1.54, 1.807) is 26.0 Å². The van der Waals surface area contributed by atoms with E-state index >= 15 is 0 Å². The van der Waals surface area contributed by atoms with Gasteiger partial charge in [-0.3, -0.25) is 0 Å². The molecule has 0 amide bonds. The third-order valence-electron chi connectivity index (χ3n) is 5.96. The molecule has 9 nitrogen and oxygen atoms in total. The normalized spacial score (nSPS) is 17.5. The highest BCUT2D eigenvalue weighted by atomic mass is 32.2. The number of sulfonamides is 1. The Labute approximate surface area is 180 Å². The summed E-state index contributed by atoms with van der Waals surface area (Å²) in [5, 5.41) is 9.20. The number of esters is 1. The quantitative estimate of drug-likeness (QED) is 0.557. The van der Waals surface area contributed by atoms with Gasteiger partial charge in [0.15, 0.2) is 0 Å². The Morgan fingerprint density at radius 2 is 2.03 bits per heavy atom. The van der Waals surface area contributed by atoms with Gasteiger partial charge < -0.3 is 13.7 Å². The van der Waals surface area contributed by atoms with Gasteiger partial charge in [0.25, 0.3) is 0 Å². The number of fused-ring (bicyclic) bond motifs is 2. The van der Waals surface area contributed by atoms with Gasteiger partial charge in [0, 0.05) is 42.9 Å². The van der Waals surface area contributed by atoms with Crippen LogP contribution >= 0.6 is 0 Å². The molecule has 2 aliphatic rings. The lowest BCUT2D eigenvalue weighted by molar-refractivity contribution is 0.0491. The fourth-order valence-corrected chi connectivity index (χ4v) is 5.57. The van der Waals surface area contributed by atoms with Crippen molar-refractivity contribution >= 4 is 27.0 Å². The first kappa shape index (κ1) is 20.2. The first-order valence-electron chi connectivity index (χ1n) is 10.5. The van der Waals surface area contributed by atoms with Gasteiger partial charge in [0.1, 0.15) is 17.2 Å². The molecule has 5 rings (SSSR count). The SMILES string of the molecule is CCOC(=O)c1oc2ccc(S(=O)(=O)N3CCc4nnc(C5CC5)n4CC3)cc2c1C. The summed E-state index contributed by atoms with van der Waals surface area (Å²) in [5.41, 5.74) is 1.03. The van der Waals surface area contributed by atoms with Crippen LogP contribution in [-0.2, 0) is 27.7 Å². The number of aromatic nitrogens is 3. The molecule has 1 aromatic carbocycles. The van der Waals surface area contributed by atoms with E-state index in [1.165, 1.54) is 10.4 Å².